The number of esters is 1. The molecule has 94 valence electrons. The van der Waals surface area contributed by atoms with Gasteiger partial charge in [0.25, 0.3) is 0 Å². The highest BCUT2D eigenvalue weighted by Crippen LogP contribution is 2.16. The van der Waals surface area contributed by atoms with Gasteiger partial charge in [-0.2, -0.15) is 5.10 Å². The molecule has 0 aliphatic heterocycles. The lowest BCUT2D eigenvalue weighted by Crippen LogP contribution is -2.42. The number of hydrogen-bond donors (Lipinski definition) is 2. The molecule has 2 N–H and O–H groups in total. The quantitative estimate of drug-likeness (QED) is 0.499. The van der Waals surface area contributed by atoms with Crippen molar-refractivity contribution < 1.29 is 19.4 Å². The van der Waals surface area contributed by atoms with Crippen LogP contribution in [-0.2, 0) is 21.4 Å². The lowest BCUT2D eigenvalue weighted by atomic mass is 10.1. The fourth-order valence-corrected chi connectivity index (χ4v) is 1.44. The fourth-order valence-electron chi connectivity index (χ4n) is 1.44. The normalized spacial score (nSPS) is 13.8. The molecule has 0 spiro atoms. The number of nitrogens with one attached hydrogen (secondary N) is 1. The number of rotatable bonds is 6. The zero-order chi connectivity index (χ0) is 12.8. The molecule has 2 atom stereocenters. The maximum atomic E-state index is 11.5. The Morgan fingerprint density at radius 3 is 2.94 bits per heavy atom. The smallest absolute Gasteiger partial charge is 0.331 e. The van der Waals surface area contributed by atoms with Crippen molar-refractivity contribution in [3.8, 4) is 0 Å². The van der Waals surface area contributed by atoms with Gasteiger partial charge in [0.05, 0.1) is 12.3 Å². The van der Waals surface area contributed by atoms with Gasteiger partial charge in [0.1, 0.15) is 6.10 Å². The SMILES string of the molecule is CCOC(=O)C(NC=O)C(O)c1ccnn1C. The molecular formula is C10H15N3O4. The Balaban J connectivity index is 2.87. The number of aromatic nitrogens is 2. The Morgan fingerprint density at radius 2 is 2.47 bits per heavy atom. The van der Waals surface area contributed by atoms with Gasteiger partial charge in [-0.25, -0.2) is 4.79 Å². The summed E-state index contributed by atoms with van der Waals surface area (Å²) < 4.78 is 6.19. The summed E-state index contributed by atoms with van der Waals surface area (Å²) in [6, 6.07) is 0.423. The van der Waals surface area contributed by atoms with Crippen molar-refractivity contribution in [2.45, 2.75) is 19.1 Å². The first kappa shape index (κ1) is 13.2. The second kappa shape index (κ2) is 6.00. The van der Waals surface area contributed by atoms with Gasteiger partial charge in [-0.05, 0) is 13.0 Å². The van der Waals surface area contributed by atoms with Crippen molar-refractivity contribution in [3.05, 3.63) is 18.0 Å². The van der Waals surface area contributed by atoms with Crippen LogP contribution in [0.3, 0.4) is 0 Å². The van der Waals surface area contributed by atoms with Crippen LogP contribution in [0.5, 0.6) is 0 Å². The number of hydrogen-bond acceptors (Lipinski definition) is 5. The van der Waals surface area contributed by atoms with E-state index in [0.29, 0.717) is 12.1 Å². The Morgan fingerprint density at radius 1 is 1.76 bits per heavy atom. The first-order valence-corrected chi connectivity index (χ1v) is 5.14. The summed E-state index contributed by atoms with van der Waals surface area (Å²) in [5.41, 5.74) is 0.414. The number of aliphatic hydroxyl groups excluding tert-OH is 1. The fraction of sp³-hybridized carbons (Fsp3) is 0.500. The highest BCUT2D eigenvalue weighted by molar-refractivity contribution is 5.79. The summed E-state index contributed by atoms with van der Waals surface area (Å²) in [4.78, 5) is 22.0. The molecule has 0 fully saturated rings. The van der Waals surface area contributed by atoms with E-state index in [-0.39, 0.29) is 6.61 Å². The van der Waals surface area contributed by atoms with E-state index >= 15 is 0 Å². The monoisotopic (exact) mass is 241 g/mol. The molecule has 1 aromatic rings. The van der Waals surface area contributed by atoms with Crippen LogP contribution in [0.15, 0.2) is 12.3 Å². The first-order valence-electron chi connectivity index (χ1n) is 5.14. The average Bonchev–Trinajstić information content (AvgIpc) is 2.71. The zero-order valence-corrected chi connectivity index (χ0v) is 9.66. The van der Waals surface area contributed by atoms with Gasteiger partial charge in [-0.15, -0.1) is 0 Å². The van der Waals surface area contributed by atoms with E-state index in [1.807, 2.05) is 0 Å². The van der Waals surface area contributed by atoms with Crippen molar-refractivity contribution in [1.82, 2.24) is 15.1 Å². The van der Waals surface area contributed by atoms with Gasteiger partial charge < -0.3 is 15.2 Å². The summed E-state index contributed by atoms with van der Waals surface area (Å²) in [7, 11) is 1.63. The lowest BCUT2D eigenvalue weighted by molar-refractivity contribution is -0.150. The molecule has 0 aliphatic carbocycles. The molecule has 0 aliphatic rings. The van der Waals surface area contributed by atoms with Crippen molar-refractivity contribution in [2.75, 3.05) is 6.61 Å². The lowest BCUT2D eigenvalue weighted by Gasteiger charge is -2.20. The van der Waals surface area contributed by atoms with Crippen molar-refractivity contribution in [2.24, 2.45) is 7.05 Å². The Bertz CT molecular complexity index is 391. The highest BCUT2D eigenvalue weighted by atomic mass is 16.5. The largest absolute Gasteiger partial charge is 0.464 e. The molecule has 1 amide bonds. The van der Waals surface area contributed by atoms with E-state index in [1.54, 1.807) is 20.0 Å². The Hall–Kier alpha value is -1.89. The van der Waals surface area contributed by atoms with E-state index in [4.69, 9.17) is 4.74 Å². The van der Waals surface area contributed by atoms with Gasteiger partial charge in [0.15, 0.2) is 6.04 Å². The first-order chi connectivity index (χ1) is 8.11. The minimum absolute atomic E-state index is 0.175. The third-order valence-corrected chi connectivity index (χ3v) is 2.27. The average molecular weight is 241 g/mol. The summed E-state index contributed by atoms with van der Waals surface area (Å²) >= 11 is 0. The summed E-state index contributed by atoms with van der Waals surface area (Å²) in [6.45, 7) is 1.82. The summed E-state index contributed by atoms with van der Waals surface area (Å²) in [5.74, 6) is -0.687. The van der Waals surface area contributed by atoms with Gasteiger partial charge in [0, 0.05) is 13.2 Å². The van der Waals surface area contributed by atoms with Crippen LogP contribution >= 0.6 is 0 Å². The van der Waals surface area contributed by atoms with Gasteiger partial charge >= 0.3 is 5.97 Å². The van der Waals surface area contributed by atoms with Crippen LogP contribution in [0, 0.1) is 0 Å². The molecular weight excluding hydrogens is 226 g/mol. The predicted octanol–water partition coefficient (Wildman–Crippen LogP) is -0.869. The molecule has 1 rings (SSSR count). The number of nitrogens with zero attached hydrogens (tertiary/aromatic N) is 2. The van der Waals surface area contributed by atoms with E-state index in [9.17, 15) is 14.7 Å². The molecule has 17 heavy (non-hydrogen) atoms. The number of carbonyl (C=O) groups excluding carboxylic acids is 2. The van der Waals surface area contributed by atoms with Crippen molar-refractivity contribution in [3.63, 3.8) is 0 Å². The highest BCUT2D eigenvalue weighted by Gasteiger charge is 2.30. The van der Waals surface area contributed by atoms with Crippen molar-refractivity contribution >= 4 is 12.4 Å². The Kier molecular flexibility index (Phi) is 4.65. The third kappa shape index (κ3) is 3.04. The van der Waals surface area contributed by atoms with Gasteiger partial charge in [0.2, 0.25) is 6.41 Å². The third-order valence-electron chi connectivity index (χ3n) is 2.27. The second-order valence-electron chi connectivity index (χ2n) is 3.34. The number of aliphatic hydroxyl groups is 1. The molecule has 0 aromatic carbocycles. The predicted molar refractivity (Wildman–Crippen MR) is 57.8 cm³/mol. The van der Waals surface area contributed by atoms with Crippen LogP contribution in [-0.4, -0.2) is 39.9 Å². The minimum atomic E-state index is -1.20. The Labute approximate surface area is 98.4 Å². The molecule has 1 heterocycles. The van der Waals surface area contributed by atoms with E-state index in [1.165, 1.54) is 10.9 Å². The van der Waals surface area contributed by atoms with Gasteiger partial charge in [-0.1, -0.05) is 0 Å². The number of carbonyl (C=O) groups is 2. The van der Waals surface area contributed by atoms with Crippen LogP contribution < -0.4 is 5.32 Å². The van der Waals surface area contributed by atoms with Crippen LogP contribution in [0.1, 0.15) is 18.7 Å². The molecule has 0 saturated carbocycles. The van der Waals surface area contributed by atoms with E-state index in [0.717, 1.165) is 0 Å². The topological polar surface area (TPSA) is 93.4 Å². The molecule has 1 aromatic heterocycles. The molecule has 0 saturated heterocycles. The summed E-state index contributed by atoms with van der Waals surface area (Å²) in [6.07, 6.45) is 0.634. The molecule has 2 unspecified atom stereocenters. The molecule has 0 bridgehead atoms. The van der Waals surface area contributed by atoms with E-state index < -0.39 is 18.1 Å². The van der Waals surface area contributed by atoms with Crippen LogP contribution in [0.2, 0.25) is 0 Å². The maximum absolute atomic E-state index is 11.5. The van der Waals surface area contributed by atoms with Crippen molar-refractivity contribution in [1.29, 1.82) is 0 Å². The minimum Gasteiger partial charge on any atom is -0.464 e. The maximum Gasteiger partial charge on any atom is 0.331 e. The number of amides is 1. The zero-order valence-electron chi connectivity index (χ0n) is 9.66. The van der Waals surface area contributed by atoms with Gasteiger partial charge in [-0.3, -0.25) is 9.48 Å². The summed E-state index contributed by atoms with van der Waals surface area (Å²) in [5, 5.41) is 16.1. The van der Waals surface area contributed by atoms with Crippen LogP contribution in [0.4, 0.5) is 0 Å². The molecule has 7 nitrogen and oxygen atoms in total. The molecule has 0 radical (unpaired) electrons. The number of aryl methyl sites for hydroxylation is 1. The standard InChI is InChI=1S/C10H15N3O4/c1-3-17-10(16)8(11-6-14)9(15)7-4-5-12-13(7)2/h4-6,8-9,15H,3H2,1-2H3,(H,11,14). The van der Waals surface area contributed by atoms with Crippen LogP contribution in [0.25, 0.3) is 0 Å². The molecule has 7 heteroatoms. The second-order valence-corrected chi connectivity index (χ2v) is 3.34. The van der Waals surface area contributed by atoms with E-state index in [2.05, 4.69) is 10.4 Å². The number of ether oxygens (including phenoxy) is 1.